The summed E-state index contributed by atoms with van der Waals surface area (Å²) in [6, 6.07) is 8.55. The van der Waals surface area contributed by atoms with Crippen LogP contribution in [0.25, 0.3) is 0 Å². The minimum Gasteiger partial charge on any atom is -0.339 e. The van der Waals surface area contributed by atoms with Gasteiger partial charge in [-0.25, -0.2) is 0 Å². The molecule has 6 heteroatoms. The number of benzene rings is 1. The van der Waals surface area contributed by atoms with Crippen molar-refractivity contribution in [2.75, 3.05) is 34.2 Å². The van der Waals surface area contributed by atoms with Crippen molar-refractivity contribution >= 4 is 30.7 Å². The summed E-state index contributed by atoms with van der Waals surface area (Å²) in [4.78, 5) is 16.6. The van der Waals surface area contributed by atoms with Crippen LogP contribution in [-0.2, 0) is 6.54 Å². The van der Waals surface area contributed by atoms with E-state index in [2.05, 4.69) is 16.3 Å². The first-order valence-corrected chi connectivity index (χ1v) is 7.30. The Morgan fingerprint density at radius 2 is 1.91 bits per heavy atom. The zero-order valence-corrected chi connectivity index (χ0v) is 15.2. The first kappa shape index (κ1) is 21.2. The highest BCUT2D eigenvalue weighted by molar-refractivity contribution is 5.94. The Kier molecular flexibility index (Phi) is 9.69. The third-order valence-corrected chi connectivity index (χ3v) is 3.86. The Balaban J connectivity index is 0.00000220. The van der Waals surface area contributed by atoms with Crippen LogP contribution in [0.5, 0.6) is 0 Å². The number of hydrogen-bond donors (Lipinski definition) is 1. The van der Waals surface area contributed by atoms with E-state index in [0.717, 1.165) is 38.0 Å². The fourth-order valence-electron chi connectivity index (χ4n) is 2.72. The van der Waals surface area contributed by atoms with Gasteiger partial charge in [-0.3, -0.25) is 4.79 Å². The Labute approximate surface area is 146 Å². The van der Waals surface area contributed by atoms with Gasteiger partial charge in [-0.05, 0) is 51.7 Å². The summed E-state index contributed by atoms with van der Waals surface area (Å²) in [5.41, 5.74) is 2.00. The van der Waals surface area contributed by atoms with E-state index in [1.54, 1.807) is 0 Å². The lowest BCUT2D eigenvalue weighted by atomic mass is 10.0. The summed E-state index contributed by atoms with van der Waals surface area (Å²) in [6.07, 6.45) is 2.08. The van der Waals surface area contributed by atoms with Gasteiger partial charge in [-0.15, -0.1) is 24.8 Å². The number of amides is 1. The van der Waals surface area contributed by atoms with Gasteiger partial charge in [0.25, 0.3) is 5.91 Å². The van der Waals surface area contributed by atoms with Crippen molar-refractivity contribution < 1.29 is 4.79 Å². The second kappa shape index (κ2) is 10.1. The zero-order valence-electron chi connectivity index (χ0n) is 13.5. The second-order valence-electron chi connectivity index (χ2n) is 5.79. The SMILES string of the molecule is CNC1CCN(C(=O)c2cccc(CN(C)C)c2)CC1.Cl.Cl. The minimum atomic E-state index is 0. The first-order valence-electron chi connectivity index (χ1n) is 7.30. The molecule has 0 aliphatic carbocycles. The van der Waals surface area contributed by atoms with Gasteiger partial charge in [0.2, 0.25) is 0 Å². The van der Waals surface area contributed by atoms with Crippen LogP contribution >= 0.6 is 24.8 Å². The molecule has 22 heavy (non-hydrogen) atoms. The maximum atomic E-state index is 12.5. The molecule has 0 unspecified atom stereocenters. The molecule has 1 amide bonds. The molecule has 0 saturated carbocycles. The van der Waals surface area contributed by atoms with Crippen LogP contribution < -0.4 is 5.32 Å². The van der Waals surface area contributed by atoms with E-state index in [9.17, 15) is 4.79 Å². The van der Waals surface area contributed by atoms with Gasteiger partial charge >= 0.3 is 0 Å². The molecular weight excluding hydrogens is 321 g/mol. The van der Waals surface area contributed by atoms with Crippen LogP contribution in [0.15, 0.2) is 24.3 Å². The molecule has 1 fully saturated rings. The second-order valence-corrected chi connectivity index (χ2v) is 5.79. The van der Waals surface area contributed by atoms with E-state index in [0.29, 0.717) is 6.04 Å². The number of halogens is 2. The third kappa shape index (κ3) is 5.76. The van der Waals surface area contributed by atoms with Gasteiger partial charge in [0, 0.05) is 31.2 Å². The van der Waals surface area contributed by atoms with Crippen molar-refractivity contribution in [3.8, 4) is 0 Å². The number of likely N-dealkylation sites (tertiary alicyclic amines) is 1. The smallest absolute Gasteiger partial charge is 0.253 e. The molecular formula is C16H27Cl2N3O. The van der Waals surface area contributed by atoms with Crippen molar-refractivity contribution in [3.05, 3.63) is 35.4 Å². The maximum Gasteiger partial charge on any atom is 0.253 e. The normalized spacial score (nSPS) is 15.2. The minimum absolute atomic E-state index is 0. The Morgan fingerprint density at radius 1 is 1.27 bits per heavy atom. The van der Waals surface area contributed by atoms with E-state index < -0.39 is 0 Å². The number of carbonyl (C=O) groups is 1. The van der Waals surface area contributed by atoms with Crippen LogP contribution in [0, 0.1) is 0 Å². The number of hydrogen-bond acceptors (Lipinski definition) is 3. The molecule has 0 bridgehead atoms. The van der Waals surface area contributed by atoms with Crippen molar-refractivity contribution in [3.63, 3.8) is 0 Å². The Hall–Kier alpha value is -0.810. The topological polar surface area (TPSA) is 35.6 Å². The average molecular weight is 348 g/mol. The van der Waals surface area contributed by atoms with Gasteiger partial charge < -0.3 is 15.1 Å². The number of carbonyl (C=O) groups excluding carboxylic acids is 1. The molecule has 1 aromatic rings. The summed E-state index contributed by atoms with van der Waals surface area (Å²) in [7, 11) is 6.07. The van der Waals surface area contributed by atoms with Crippen LogP contribution in [-0.4, -0.2) is 56.0 Å². The molecule has 1 aliphatic rings. The molecule has 0 aromatic heterocycles. The summed E-state index contributed by atoms with van der Waals surface area (Å²) in [5.74, 6) is 0.167. The molecule has 1 heterocycles. The predicted octanol–water partition coefficient (Wildman–Crippen LogP) is 2.42. The highest BCUT2D eigenvalue weighted by Gasteiger charge is 2.22. The van der Waals surface area contributed by atoms with E-state index >= 15 is 0 Å². The third-order valence-electron chi connectivity index (χ3n) is 3.86. The van der Waals surface area contributed by atoms with Crippen molar-refractivity contribution in [1.82, 2.24) is 15.1 Å². The lowest BCUT2D eigenvalue weighted by Crippen LogP contribution is -2.43. The summed E-state index contributed by atoms with van der Waals surface area (Å²) >= 11 is 0. The molecule has 1 aromatic carbocycles. The first-order chi connectivity index (χ1) is 9.60. The molecule has 1 aliphatic heterocycles. The average Bonchev–Trinajstić information content (AvgIpc) is 2.46. The lowest BCUT2D eigenvalue weighted by molar-refractivity contribution is 0.0707. The lowest BCUT2D eigenvalue weighted by Gasteiger charge is -2.32. The van der Waals surface area contributed by atoms with Gasteiger partial charge in [0.1, 0.15) is 0 Å². The zero-order chi connectivity index (χ0) is 14.5. The molecule has 1 saturated heterocycles. The summed E-state index contributed by atoms with van der Waals surface area (Å²) in [6.45, 7) is 2.56. The van der Waals surface area contributed by atoms with Crippen molar-refractivity contribution in [1.29, 1.82) is 0 Å². The highest BCUT2D eigenvalue weighted by atomic mass is 35.5. The quantitative estimate of drug-likeness (QED) is 0.908. The fourth-order valence-corrected chi connectivity index (χ4v) is 2.72. The highest BCUT2D eigenvalue weighted by Crippen LogP contribution is 2.15. The number of piperidine rings is 1. The maximum absolute atomic E-state index is 12.5. The van der Waals surface area contributed by atoms with E-state index in [4.69, 9.17) is 0 Å². The fraction of sp³-hybridized carbons (Fsp3) is 0.562. The summed E-state index contributed by atoms with van der Waals surface area (Å²) in [5, 5.41) is 3.29. The van der Waals surface area contributed by atoms with Crippen molar-refractivity contribution in [2.24, 2.45) is 0 Å². The Bertz CT molecular complexity index is 460. The van der Waals surface area contributed by atoms with Gasteiger partial charge in [0.15, 0.2) is 0 Å². The Morgan fingerprint density at radius 3 is 2.45 bits per heavy atom. The molecule has 1 N–H and O–H groups in total. The van der Waals surface area contributed by atoms with E-state index in [-0.39, 0.29) is 30.7 Å². The van der Waals surface area contributed by atoms with E-state index in [1.807, 2.05) is 44.2 Å². The van der Waals surface area contributed by atoms with Gasteiger partial charge in [0.05, 0.1) is 0 Å². The van der Waals surface area contributed by atoms with Crippen LogP contribution in [0.3, 0.4) is 0 Å². The van der Waals surface area contributed by atoms with Crippen molar-refractivity contribution in [2.45, 2.75) is 25.4 Å². The monoisotopic (exact) mass is 347 g/mol. The van der Waals surface area contributed by atoms with E-state index in [1.165, 1.54) is 5.56 Å². The largest absolute Gasteiger partial charge is 0.339 e. The number of nitrogens with one attached hydrogen (secondary N) is 1. The van der Waals surface area contributed by atoms with Crippen LogP contribution in [0.4, 0.5) is 0 Å². The molecule has 0 spiro atoms. The van der Waals surface area contributed by atoms with Crippen LogP contribution in [0.2, 0.25) is 0 Å². The van der Waals surface area contributed by atoms with Gasteiger partial charge in [-0.2, -0.15) is 0 Å². The molecule has 4 nitrogen and oxygen atoms in total. The standard InChI is InChI=1S/C16H25N3O.2ClH/c1-17-15-7-9-19(10-8-15)16(20)14-6-4-5-13(11-14)12-18(2)3;;/h4-6,11,15,17H,7-10,12H2,1-3H3;2*1H. The molecule has 126 valence electrons. The van der Waals surface area contributed by atoms with Gasteiger partial charge in [-0.1, -0.05) is 12.1 Å². The van der Waals surface area contributed by atoms with Crippen LogP contribution in [0.1, 0.15) is 28.8 Å². The predicted molar refractivity (Wildman–Crippen MR) is 96.3 cm³/mol. The molecule has 0 atom stereocenters. The number of nitrogens with zero attached hydrogens (tertiary/aromatic N) is 2. The number of rotatable bonds is 4. The summed E-state index contributed by atoms with van der Waals surface area (Å²) < 4.78 is 0. The molecule has 2 rings (SSSR count). The molecule has 0 radical (unpaired) electrons.